The zero-order valence-electron chi connectivity index (χ0n) is 13.2. The number of carbonyl (C=O) groups is 2. The van der Waals surface area contributed by atoms with Crippen LogP contribution in [0.25, 0.3) is 0 Å². The van der Waals surface area contributed by atoms with Crippen LogP contribution in [-0.2, 0) is 6.54 Å². The predicted octanol–water partition coefficient (Wildman–Crippen LogP) is 2.62. The predicted molar refractivity (Wildman–Crippen MR) is 93.9 cm³/mol. The maximum atomic E-state index is 12.3. The maximum Gasteiger partial charge on any atom is 0.321 e. The second kappa shape index (κ2) is 7.78. The Morgan fingerprint density at radius 1 is 1.38 bits per heavy atom. The van der Waals surface area contributed by atoms with Crippen LogP contribution in [0, 0.1) is 0 Å². The summed E-state index contributed by atoms with van der Waals surface area (Å²) in [5.74, 6) is -0.570. The highest BCUT2D eigenvalue weighted by Crippen LogP contribution is 2.20. The molecule has 7 nitrogen and oxygen atoms in total. The highest BCUT2D eigenvalue weighted by atomic mass is 79.9. The van der Waals surface area contributed by atoms with E-state index in [4.69, 9.17) is 10.5 Å². The van der Waals surface area contributed by atoms with Crippen molar-refractivity contribution < 1.29 is 14.3 Å². The molecule has 0 aliphatic heterocycles. The molecule has 0 aliphatic carbocycles. The molecule has 24 heavy (non-hydrogen) atoms. The normalized spacial score (nSPS) is 10.1. The Balaban J connectivity index is 2.10. The molecule has 126 valence electrons. The number of halogens is 1. The summed E-state index contributed by atoms with van der Waals surface area (Å²) in [5, 5.41) is 2.67. The summed E-state index contributed by atoms with van der Waals surface area (Å²) in [7, 11) is 3.05. The molecule has 1 heterocycles. The number of hydrogen-bond donors (Lipinski definition) is 2. The number of rotatable bonds is 5. The third-order valence-corrected chi connectivity index (χ3v) is 4.05. The smallest absolute Gasteiger partial charge is 0.321 e. The molecular formula is C16H17BrN4O3. The molecule has 3 amide bonds. The highest BCUT2D eigenvalue weighted by Gasteiger charge is 2.15. The standard InChI is InChI=1S/C16H17BrN4O3/c1-21(9-10-5-3-4-6-13(10)17)16(23)20-11-7-12(14(18)22)15(24-2)19-8-11/h3-8H,9H2,1-2H3,(H2,18,22)(H,20,23). The van der Waals surface area contributed by atoms with E-state index >= 15 is 0 Å². The molecule has 0 saturated heterocycles. The summed E-state index contributed by atoms with van der Waals surface area (Å²) < 4.78 is 5.89. The Hall–Kier alpha value is -2.61. The van der Waals surface area contributed by atoms with Gasteiger partial charge in [-0.25, -0.2) is 9.78 Å². The van der Waals surface area contributed by atoms with E-state index in [2.05, 4.69) is 26.2 Å². The highest BCUT2D eigenvalue weighted by molar-refractivity contribution is 9.10. The lowest BCUT2D eigenvalue weighted by molar-refractivity contribution is 0.0996. The molecule has 1 aromatic heterocycles. The van der Waals surface area contributed by atoms with Crippen LogP contribution in [0.1, 0.15) is 15.9 Å². The number of ether oxygens (including phenoxy) is 1. The van der Waals surface area contributed by atoms with Gasteiger partial charge in [-0.3, -0.25) is 4.79 Å². The summed E-state index contributed by atoms with van der Waals surface area (Å²) in [6.07, 6.45) is 1.40. The number of benzene rings is 1. The van der Waals surface area contributed by atoms with E-state index in [9.17, 15) is 9.59 Å². The number of nitrogens with one attached hydrogen (secondary N) is 1. The van der Waals surface area contributed by atoms with Gasteiger partial charge in [-0.1, -0.05) is 34.1 Å². The fraction of sp³-hybridized carbons (Fsp3) is 0.188. The number of nitrogens with two attached hydrogens (primary N) is 1. The quantitative estimate of drug-likeness (QED) is 0.816. The van der Waals surface area contributed by atoms with E-state index in [0.717, 1.165) is 10.0 Å². The third-order valence-electron chi connectivity index (χ3n) is 3.27. The molecule has 2 rings (SSSR count). The Kier molecular flexibility index (Phi) is 5.75. The van der Waals surface area contributed by atoms with Crippen LogP contribution in [0.3, 0.4) is 0 Å². The number of anilines is 1. The summed E-state index contributed by atoms with van der Waals surface area (Å²) in [4.78, 5) is 29.2. The molecule has 0 saturated carbocycles. The van der Waals surface area contributed by atoms with Crippen LogP contribution < -0.4 is 15.8 Å². The fourth-order valence-corrected chi connectivity index (χ4v) is 2.44. The number of hydrogen-bond acceptors (Lipinski definition) is 4. The Morgan fingerprint density at radius 3 is 2.71 bits per heavy atom. The van der Waals surface area contributed by atoms with E-state index in [1.54, 1.807) is 7.05 Å². The number of urea groups is 1. The minimum atomic E-state index is -0.683. The fourth-order valence-electron chi connectivity index (χ4n) is 2.03. The van der Waals surface area contributed by atoms with Crippen molar-refractivity contribution in [3.05, 3.63) is 52.1 Å². The van der Waals surface area contributed by atoms with Gasteiger partial charge in [-0.2, -0.15) is 0 Å². The van der Waals surface area contributed by atoms with Crippen LogP contribution in [0.5, 0.6) is 5.88 Å². The van der Waals surface area contributed by atoms with Crippen LogP contribution in [-0.4, -0.2) is 36.0 Å². The molecule has 0 atom stereocenters. The number of carbonyl (C=O) groups excluding carboxylic acids is 2. The zero-order valence-corrected chi connectivity index (χ0v) is 14.8. The molecular weight excluding hydrogens is 376 g/mol. The molecule has 0 radical (unpaired) electrons. The summed E-state index contributed by atoms with van der Waals surface area (Å²) in [6, 6.07) is 8.73. The van der Waals surface area contributed by atoms with Gasteiger partial charge < -0.3 is 20.7 Å². The monoisotopic (exact) mass is 392 g/mol. The topological polar surface area (TPSA) is 97.6 Å². The largest absolute Gasteiger partial charge is 0.480 e. The number of methoxy groups -OCH3 is 1. The lowest BCUT2D eigenvalue weighted by Gasteiger charge is -2.19. The van der Waals surface area contributed by atoms with Gasteiger partial charge in [0.2, 0.25) is 5.88 Å². The van der Waals surface area contributed by atoms with E-state index in [1.807, 2.05) is 24.3 Å². The lowest BCUT2D eigenvalue weighted by Crippen LogP contribution is -2.31. The minimum absolute atomic E-state index is 0.101. The molecule has 0 bridgehead atoms. The molecule has 0 unspecified atom stereocenters. The van der Waals surface area contributed by atoms with Crippen molar-refractivity contribution in [2.24, 2.45) is 5.73 Å². The van der Waals surface area contributed by atoms with Gasteiger partial charge in [0.15, 0.2) is 0 Å². The van der Waals surface area contributed by atoms with Crippen molar-refractivity contribution >= 4 is 33.6 Å². The SMILES string of the molecule is COc1ncc(NC(=O)N(C)Cc2ccccc2Br)cc1C(N)=O. The third kappa shape index (κ3) is 4.23. The lowest BCUT2D eigenvalue weighted by atomic mass is 10.2. The van der Waals surface area contributed by atoms with Crippen molar-refractivity contribution in [2.45, 2.75) is 6.54 Å². The van der Waals surface area contributed by atoms with E-state index in [-0.39, 0.29) is 17.5 Å². The zero-order chi connectivity index (χ0) is 17.7. The molecule has 0 spiro atoms. The first-order chi connectivity index (χ1) is 11.4. The van der Waals surface area contributed by atoms with Crippen molar-refractivity contribution in [3.8, 4) is 5.88 Å². The molecule has 8 heteroatoms. The van der Waals surface area contributed by atoms with Crippen molar-refractivity contribution in [1.29, 1.82) is 0 Å². The first-order valence-corrected chi connectivity index (χ1v) is 7.81. The number of pyridine rings is 1. The van der Waals surface area contributed by atoms with Crippen molar-refractivity contribution in [3.63, 3.8) is 0 Å². The van der Waals surface area contributed by atoms with Gasteiger partial charge in [-0.05, 0) is 17.7 Å². The van der Waals surface area contributed by atoms with Crippen molar-refractivity contribution in [1.82, 2.24) is 9.88 Å². The Morgan fingerprint density at radius 2 is 2.08 bits per heavy atom. The Labute approximate surface area is 147 Å². The van der Waals surface area contributed by atoms with Crippen LogP contribution >= 0.6 is 15.9 Å². The summed E-state index contributed by atoms with van der Waals surface area (Å²) >= 11 is 3.45. The molecule has 3 N–H and O–H groups in total. The summed E-state index contributed by atoms with van der Waals surface area (Å²) in [6.45, 7) is 0.416. The average Bonchev–Trinajstić information content (AvgIpc) is 2.56. The Bertz CT molecular complexity index is 767. The second-order valence-corrected chi connectivity index (χ2v) is 5.88. The van der Waals surface area contributed by atoms with Crippen LogP contribution in [0.15, 0.2) is 41.0 Å². The molecule has 0 aliphatic rings. The van der Waals surface area contributed by atoms with E-state index in [1.165, 1.54) is 24.3 Å². The van der Waals surface area contributed by atoms with Crippen LogP contribution in [0.4, 0.5) is 10.5 Å². The van der Waals surface area contributed by atoms with Gasteiger partial charge in [0.05, 0.1) is 19.0 Å². The summed E-state index contributed by atoms with van der Waals surface area (Å²) in [5.41, 5.74) is 6.71. The van der Waals surface area contributed by atoms with Gasteiger partial charge in [-0.15, -0.1) is 0 Å². The minimum Gasteiger partial charge on any atom is -0.480 e. The van der Waals surface area contributed by atoms with Gasteiger partial charge in [0, 0.05) is 18.1 Å². The number of primary amides is 1. The van der Waals surface area contributed by atoms with Crippen LogP contribution in [0.2, 0.25) is 0 Å². The molecule has 0 fully saturated rings. The van der Waals surface area contributed by atoms with Gasteiger partial charge >= 0.3 is 6.03 Å². The van der Waals surface area contributed by atoms with Gasteiger partial charge in [0.1, 0.15) is 5.56 Å². The van der Waals surface area contributed by atoms with Crippen molar-refractivity contribution in [2.75, 3.05) is 19.5 Å². The number of amides is 3. The number of aromatic nitrogens is 1. The molecule has 1 aromatic carbocycles. The van der Waals surface area contributed by atoms with Gasteiger partial charge in [0.25, 0.3) is 5.91 Å². The first kappa shape index (κ1) is 17.7. The first-order valence-electron chi connectivity index (χ1n) is 7.01. The van der Waals surface area contributed by atoms with E-state index in [0.29, 0.717) is 12.2 Å². The number of nitrogens with zero attached hydrogens (tertiary/aromatic N) is 2. The maximum absolute atomic E-state index is 12.3. The molecule has 2 aromatic rings. The average molecular weight is 393 g/mol. The van der Waals surface area contributed by atoms with E-state index < -0.39 is 5.91 Å². The second-order valence-electron chi connectivity index (χ2n) is 5.02.